The van der Waals surface area contributed by atoms with E-state index < -0.39 is 0 Å². The van der Waals surface area contributed by atoms with E-state index in [4.69, 9.17) is 10.5 Å². The smallest absolute Gasteiger partial charge is 0.233 e. The van der Waals surface area contributed by atoms with Crippen molar-refractivity contribution in [2.75, 3.05) is 19.7 Å². The van der Waals surface area contributed by atoms with Gasteiger partial charge in [-0.3, -0.25) is 4.79 Å². The molecule has 0 saturated carbocycles. The number of hydrazine groups is 1. The Morgan fingerprint density at radius 3 is 3.12 bits per heavy atom. The Balaban J connectivity index is 1.87. The van der Waals surface area contributed by atoms with E-state index in [0.29, 0.717) is 13.2 Å². The van der Waals surface area contributed by atoms with Gasteiger partial charge in [-0.1, -0.05) is 12.1 Å². The molecular formula is C12H13N3O2. The predicted octanol–water partition coefficient (Wildman–Crippen LogP) is 0.0956. The van der Waals surface area contributed by atoms with Crippen LogP contribution in [-0.4, -0.2) is 30.6 Å². The fraction of sp³-hybridized carbons (Fsp3) is 0.250. The van der Waals surface area contributed by atoms with Crippen LogP contribution in [0.3, 0.4) is 0 Å². The van der Waals surface area contributed by atoms with Gasteiger partial charge < -0.3 is 15.9 Å². The molecule has 0 saturated heterocycles. The molecule has 5 nitrogen and oxygen atoms in total. The van der Waals surface area contributed by atoms with E-state index in [1.165, 1.54) is 0 Å². The number of nitrogens with two attached hydrogens (primary N) is 1. The molecule has 1 aromatic rings. The molecule has 0 spiro atoms. The minimum Gasteiger partial charge on any atom is -0.488 e. The van der Waals surface area contributed by atoms with Crippen molar-refractivity contribution in [2.24, 2.45) is 5.73 Å². The zero-order valence-electron chi connectivity index (χ0n) is 9.27. The van der Waals surface area contributed by atoms with E-state index >= 15 is 0 Å². The Bertz CT molecular complexity index is 510. The minimum atomic E-state index is -0.341. The summed E-state index contributed by atoms with van der Waals surface area (Å²) in [5, 5.41) is 1.80. The molecule has 2 heterocycles. The molecule has 1 amide bonds. The summed E-state index contributed by atoms with van der Waals surface area (Å²) in [5.74, 6) is 0.534. The second kappa shape index (κ2) is 3.78. The van der Waals surface area contributed by atoms with Crippen molar-refractivity contribution in [3.05, 3.63) is 35.4 Å². The van der Waals surface area contributed by atoms with Crippen molar-refractivity contribution >= 4 is 11.6 Å². The number of nitrogens with one attached hydrogen (secondary N) is 1. The number of ether oxygens (including phenoxy) is 1. The lowest BCUT2D eigenvalue weighted by molar-refractivity contribution is -0.119. The van der Waals surface area contributed by atoms with Gasteiger partial charge >= 0.3 is 0 Å². The Hall–Kier alpha value is -2.01. The van der Waals surface area contributed by atoms with Crippen molar-refractivity contribution in [3.63, 3.8) is 0 Å². The van der Waals surface area contributed by atoms with Gasteiger partial charge in [0.15, 0.2) is 0 Å². The third kappa shape index (κ3) is 1.74. The number of primary amides is 1. The van der Waals surface area contributed by atoms with E-state index in [-0.39, 0.29) is 12.5 Å². The molecule has 17 heavy (non-hydrogen) atoms. The van der Waals surface area contributed by atoms with Crippen LogP contribution in [-0.2, 0) is 4.79 Å². The number of carbonyl (C=O) groups excluding carboxylic acids is 1. The zero-order valence-corrected chi connectivity index (χ0v) is 9.27. The quantitative estimate of drug-likeness (QED) is 0.757. The lowest BCUT2D eigenvalue weighted by Crippen LogP contribution is -2.39. The van der Waals surface area contributed by atoms with Crippen LogP contribution in [0.5, 0.6) is 5.75 Å². The maximum absolute atomic E-state index is 10.9. The van der Waals surface area contributed by atoms with Gasteiger partial charge in [-0.2, -0.15) is 0 Å². The van der Waals surface area contributed by atoms with Crippen LogP contribution in [0.15, 0.2) is 29.8 Å². The number of rotatable bonds is 2. The summed E-state index contributed by atoms with van der Waals surface area (Å²) < 4.78 is 5.65. The Labute approximate surface area is 98.8 Å². The molecule has 0 bridgehead atoms. The largest absolute Gasteiger partial charge is 0.488 e. The van der Waals surface area contributed by atoms with Gasteiger partial charge in [0.25, 0.3) is 0 Å². The lowest BCUT2D eigenvalue weighted by Gasteiger charge is -2.19. The molecule has 2 aliphatic rings. The lowest BCUT2D eigenvalue weighted by atomic mass is 10.0. The molecule has 0 unspecified atom stereocenters. The number of hydrogen-bond acceptors (Lipinski definition) is 4. The first-order chi connectivity index (χ1) is 8.24. The predicted molar refractivity (Wildman–Crippen MR) is 62.8 cm³/mol. The molecular weight excluding hydrogens is 218 g/mol. The summed E-state index contributed by atoms with van der Waals surface area (Å²) in [6.45, 7) is 1.44. The van der Waals surface area contributed by atoms with Crippen LogP contribution in [0.1, 0.15) is 5.56 Å². The van der Waals surface area contributed by atoms with Crippen LogP contribution in [0, 0.1) is 0 Å². The number of benzene rings is 1. The first kappa shape index (κ1) is 10.2. The number of hydrogen-bond donors (Lipinski definition) is 2. The molecule has 0 radical (unpaired) electrons. The van der Waals surface area contributed by atoms with Gasteiger partial charge in [0.2, 0.25) is 5.91 Å². The topological polar surface area (TPSA) is 67.6 Å². The highest BCUT2D eigenvalue weighted by atomic mass is 16.5. The summed E-state index contributed by atoms with van der Waals surface area (Å²) in [6, 6.07) is 7.86. The molecule has 0 fully saturated rings. The molecule has 1 aromatic carbocycles. The highest BCUT2D eigenvalue weighted by molar-refractivity contribution is 5.78. The second-order valence-electron chi connectivity index (χ2n) is 4.20. The zero-order chi connectivity index (χ0) is 11.8. The summed E-state index contributed by atoms with van der Waals surface area (Å²) in [6.07, 6.45) is 0. The maximum Gasteiger partial charge on any atom is 0.233 e. The van der Waals surface area contributed by atoms with Gasteiger partial charge in [0.1, 0.15) is 12.4 Å². The van der Waals surface area contributed by atoms with Crippen LogP contribution in [0.2, 0.25) is 0 Å². The van der Waals surface area contributed by atoms with Crippen LogP contribution in [0.25, 0.3) is 5.70 Å². The third-order valence-electron chi connectivity index (χ3n) is 2.91. The number of nitrogens with zero attached hydrogens (tertiary/aromatic N) is 1. The van der Waals surface area contributed by atoms with E-state index in [1.54, 1.807) is 5.01 Å². The monoisotopic (exact) mass is 231 g/mol. The second-order valence-corrected chi connectivity index (χ2v) is 4.20. The van der Waals surface area contributed by atoms with Crippen molar-refractivity contribution < 1.29 is 9.53 Å². The molecule has 3 N–H and O–H groups in total. The summed E-state index contributed by atoms with van der Waals surface area (Å²) in [4.78, 5) is 10.9. The minimum absolute atomic E-state index is 0.204. The number of para-hydroxylation sites is 1. The van der Waals surface area contributed by atoms with Gasteiger partial charge in [-0.25, -0.2) is 5.01 Å². The Kier molecular flexibility index (Phi) is 2.26. The first-order valence-corrected chi connectivity index (χ1v) is 5.48. The average molecular weight is 231 g/mol. The standard InChI is InChI=1S/C12H13N3O2/c13-11(16)6-15-5-8-7-17-10-4-2-1-3-9(10)12(8)14-15/h1-4,14H,5-7H2,(H2,13,16). The fourth-order valence-electron chi connectivity index (χ4n) is 2.20. The van der Waals surface area contributed by atoms with Crippen LogP contribution in [0.4, 0.5) is 0 Å². The van der Waals surface area contributed by atoms with Crippen LogP contribution < -0.4 is 15.9 Å². The highest BCUT2D eigenvalue weighted by Crippen LogP contribution is 2.33. The molecule has 0 atom stereocenters. The number of fused-ring (bicyclic) bond motifs is 2. The van der Waals surface area contributed by atoms with Crippen molar-refractivity contribution in [2.45, 2.75) is 0 Å². The van der Waals surface area contributed by atoms with Gasteiger partial charge in [0.05, 0.1) is 12.2 Å². The Morgan fingerprint density at radius 2 is 2.29 bits per heavy atom. The number of carbonyl (C=O) groups is 1. The molecule has 0 aliphatic carbocycles. The first-order valence-electron chi connectivity index (χ1n) is 5.48. The van der Waals surface area contributed by atoms with Gasteiger partial charge in [-0.15, -0.1) is 0 Å². The Morgan fingerprint density at radius 1 is 1.47 bits per heavy atom. The van der Waals surface area contributed by atoms with Gasteiger partial charge in [-0.05, 0) is 12.1 Å². The summed E-state index contributed by atoms with van der Waals surface area (Å²) >= 11 is 0. The molecule has 0 aromatic heterocycles. The van der Waals surface area contributed by atoms with Crippen molar-refractivity contribution in [1.29, 1.82) is 0 Å². The van der Waals surface area contributed by atoms with E-state index in [0.717, 1.165) is 22.6 Å². The maximum atomic E-state index is 10.9. The molecule has 3 rings (SSSR count). The number of amides is 1. The van der Waals surface area contributed by atoms with Crippen LogP contribution >= 0.6 is 0 Å². The normalized spacial score (nSPS) is 18.1. The summed E-state index contributed by atoms with van der Waals surface area (Å²) in [7, 11) is 0. The van der Waals surface area contributed by atoms with E-state index in [1.807, 2.05) is 24.3 Å². The van der Waals surface area contributed by atoms with Gasteiger partial charge in [0, 0.05) is 17.7 Å². The SMILES string of the molecule is NC(=O)CN1CC2=C(N1)c1ccccc1OC2. The molecule has 5 heteroatoms. The van der Waals surface area contributed by atoms with Crippen molar-refractivity contribution in [1.82, 2.24) is 10.4 Å². The fourth-order valence-corrected chi connectivity index (χ4v) is 2.20. The molecule has 88 valence electrons. The average Bonchev–Trinajstić information content (AvgIpc) is 2.70. The van der Waals surface area contributed by atoms with Crippen molar-refractivity contribution in [3.8, 4) is 5.75 Å². The summed E-state index contributed by atoms with van der Waals surface area (Å²) in [5.41, 5.74) is 11.6. The third-order valence-corrected chi connectivity index (χ3v) is 2.91. The van der Waals surface area contributed by atoms with E-state index in [2.05, 4.69) is 5.43 Å². The molecule has 2 aliphatic heterocycles. The highest BCUT2D eigenvalue weighted by Gasteiger charge is 2.28. The van der Waals surface area contributed by atoms with E-state index in [9.17, 15) is 4.79 Å².